The molecule has 4 rings (SSSR count). The van der Waals surface area contributed by atoms with E-state index in [2.05, 4.69) is 19.9 Å². The first kappa shape index (κ1) is 8.58. The number of furan rings is 1. The molecular formula is C12H6N4O. The highest BCUT2D eigenvalue weighted by molar-refractivity contribution is 6.01. The Hall–Kier alpha value is -2.56. The average Bonchev–Trinajstić information content (AvgIpc) is 2.73. The molecule has 0 fully saturated rings. The molecule has 3 heterocycles. The van der Waals surface area contributed by atoms with Crippen LogP contribution in [0.15, 0.2) is 41.2 Å². The van der Waals surface area contributed by atoms with Crippen LogP contribution < -0.4 is 0 Å². The molecule has 5 nitrogen and oxygen atoms in total. The molecule has 3 aromatic heterocycles. The number of aromatic nitrogens is 4. The van der Waals surface area contributed by atoms with E-state index in [1.165, 1.54) is 6.33 Å². The van der Waals surface area contributed by atoms with Gasteiger partial charge in [0, 0.05) is 6.20 Å². The maximum absolute atomic E-state index is 5.54. The topological polar surface area (TPSA) is 64.7 Å². The highest BCUT2D eigenvalue weighted by atomic mass is 16.3. The van der Waals surface area contributed by atoms with Crippen molar-refractivity contribution in [3.63, 3.8) is 0 Å². The summed E-state index contributed by atoms with van der Waals surface area (Å²) >= 11 is 0. The zero-order valence-corrected chi connectivity index (χ0v) is 8.66. The fraction of sp³-hybridized carbons (Fsp3) is 0. The van der Waals surface area contributed by atoms with Crippen molar-refractivity contribution in [2.45, 2.75) is 0 Å². The largest absolute Gasteiger partial charge is 0.417 e. The zero-order chi connectivity index (χ0) is 11.2. The second-order valence-electron chi connectivity index (χ2n) is 3.71. The molecular weight excluding hydrogens is 216 g/mol. The Labute approximate surface area is 95.1 Å². The number of nitrogens with zero attached hydrogens (tertiary/aromatic N) is 4. The molecule has 0 saturated carbocycles. The number of benzene rings is 1. The van der Waals surface area contributed by atoms with E-state index in [1.807, 2.05) is 24.3 Å². The molecule has 0 unspecified atom stereocenters. The zero-order valence-electron chi connectivity index (χ0n) is 8.66. The number of fused-ring (bicyclic) bond motifs is 4. The van der Waals surface area contributed by atoms with Gasteiger partial charge >= 0.3 is 0 Å². The van der Waals surface area contributed by atoms with E-state index in [0.717, 1.165) is 16.4 Å². The molecule has 0 aliphatic carbocycles. The normalized spacial score (nSPS) is 11.5. The summed E-state index contributed by atoms with van der Waals surface area (Å²) in [5.41, 5.74) is 3.38. The first-order chi connectivity index (χ1) is 8.42. The van der Waals surface area contributed by atoms with Crippen LogP contribution in [0.5, 0.6) is 0 Å². The van der Waals surface area contributed by atoms with Crippen molar-refractivity contribution in [1.29, 1.82) is 0 Å². The maximum Gasteiger partial charge on any atom is 0.248 e. The van der Waals surface area contributed by atoms with Gasteiger partial charge in [0.25, 0.3) is 0 Å². The van der Waals surface area contributed by atoms with Gasteiger partial charge in [-0.1, -0.05) is 12.1 Å². The maximum atomic E-state index is 5.54. The first-order valence-corrected chi connectivity index (χ1v) is 5.17. The Balaban J connectivity index is 2.28. The van der Waals surface area contributed by atoms with Gasteiger partial charge in [0.1, 0.15) is 11.8 Å². The minimum atomic E-state index is 0.499. The van der Waals surface area contributed by atoms with Crippen LogP contribution >= 0.6 is 0 Å². The molecule has 4 aromatic rings. The third-order valence-electron chi connectivity index (χ3n) is 2.66. The lowest BCUT2D eigenvalue weighted by atomic mass is 10.3. The Kier molecular flexibility index (Phi) is 1.50. The van der Waals surface area contributed by atoms with Crippen LogP contribution in [0.25, 0.3) is 33.4 Å². The predicted octanol–water partition coefficient (Wildman–Crippen LogP) is 2.32. The summed E-state index contributed by atoms with van der Waals surface area (Å²) < 4.78 is 5.54. The molecule has 0 radical (unpaired) electrons. The van der Waals surface area contributed by atoms with E-state index in [-0.39, 0.29) is 0 Å². The lowest BCUT2D eigenvalue weighted by Gasteiger charge is -1.94. The highest BCUT2D eigenvalue weighted by Crippen LogP contribution is 2.25. The van der Waals surface area contributed by atoms with E-state index in [4.69, 9.17) is 4.42 Å². The summed E-state index contributed by atoms with van der Waals surface area (Å²) in [4.78, 5) is 17.0. The lowest BCUT2D eigenvalue weighted by Crippen LogP contribution is -1.83. The Bertz CT molecular complexity index is 847. The highest BCUT2D eigenvalue weighted by Gasteiger charge is 2.11. The average molecular weight is 222 g/mol. The fourth-order valence-electron chi connectivity index (χ4n) is 1.88. The molecule has 0 bridgehead atoms. The molecule has 0 saturated heterocycles. The van der Waals surface area contributed by atoms with Crippen molar-refractivity contribution < 1.29 is 4.42 Å². The van der Waals surface area contributed by atoms with Gasteiger partial charge in [-0.05, 0) is 12.1 Å². The van der Waals surface area contributed by atoms with Gasteiger partial charge in [-0.15, -0.1) is 0 Å². The molecule has 0 aliphatic rings. The van der Waals surface area contributed by atoms with Crippen molar-refractivity contribution in [2.24, 2.45) is 0 Å². The van der Waals surface area contributed by atoms with Gasteiger partial charge in [-0.3, -0.25) is 0 Å². The molecule has 5 heteroatoms. The van der Waals surface area contributed by atoms with Gasteiger partial charge in [-0.2, -0.15) is 0 Å². The van der Waals surface area contributed by atoms with Gasteiger partial charge in [0.2, 0.25) is 11.4 Å². The summed E-state index contributed by atoms with van der Waals surface area (Å²) in [6.07, 6.45) is 3.14. The minimum Gasteiger partial charge on any atom is -0.417 e. The lowest BCUT2D eigenvalue weighted by molar-refractivity contribution is 0.640. The van der Waals surface area contributed by atoms with Crippen molar-refractivity contribution in [2.75, 3.05) is 0 Å². The quantitative estimate of drug-likeness (QED) is 0.456. The second-order valence-corrected chi connectivity index (χ2v) is 3.71. The van der Waals surface area contributed by atoms with Gasteiger partial charge in [-0.25, -0.2) is 19.9 Å². The summed E-state index contributed by atoms with van der Waals surface area (Å²) in [7, 11) is 0. The summed E-state index contributed by atoms with van der Waals surface area (Å²) in [5, 5.41) is 0.792. The Morgan fingerprint density at radius 3 is 2.65 bits per heavy atom. The molecule has 0 amide bonds. The van der Waals surface area contributed by atoms with Crippen molar-refractivity contribution in [1.82, 2.24) is 19.9 Å². The number of para-hydroxylation sites is 2. The number of hydrogen-bond donors (Lipinski definition) is 0. The smallest absolute Gasteiger partial charge is 0.248 e. The van der Waals surface area contributed by atoms with Gasteiger partial charge < -0.3 is 4.42 Å². The van der Waals surface area contributed by atoms with Crippen LogP contribution in [-0.2, 0) is 0 Å². The van der Waals surface area contributed by atoms with Crippen molar-refractivity contribution in [3.8, 4) is 0 Å². The van der Waals surface area contributed by atoms with Gasteiger partial charge in [0.15, 0.2) is 0 Å². The molecule has 80 valence electrons. The van der Waals surface area contributed by atoms with E-state index in [1.54, 1.807) is 6.20 Å². The molecule has 0 N–H and O–H groups in total. The van der Waals surface area contributed by atoms with E-state index in [9.17, 15) is 0 Å². The minimum absolute atomic E-state index is 0.499. The Morgan fingerprint density at radius 2 is 1.76 bits per heavy atom. The monoisotopic (exact) mass is 222 g/mol. The first-order valence-electron chi connectivity index (χ1n) is 5.17. The second kappa shape index (κ2) is 2.98. The number of hydrogen-bond acceptors (Lipinski definition) is 5. The molecule has 0 aliphatic heterocycles. The molecule has 0 atom stereocenters. The van der Waals surface area contributed by atoms with E-state index < -0.39 is 0 Å². The number of rotatable bonds is 0. The molecule has 1 aromatic carbocycles. The van der Waals surface area contributed by atoms with Crippen LogP contribution in [-0.4, -0.2) is 19.9 Å². The summed E-state index contributed by atoms with van der Waals surface area (Å²) in [6, 6.07) is 7.68. The Morgan fingerprint density at radius 1 is 0.941 bits per heavy atom. The van der Waals surface area contributed by atoms with Crippen molar-refractivity contribution in [3.05, 3.63) is 36.8 Å². The van der Waals surface area contributed by atoms with Crippen LogP contribution in [0.4, 0.5) is 0 Å². The van der Waals surface area contributed by atoms with Crippen LogP contribution in [0.3, 0.4) is 0 Å². The molecule has 17 heavy (non-hydrogen) atoms. The van der Waals surface area contributed by atoms with Crippen LogP contribution in [0, 0.1) is 0 Å². The fourth-order valence-corrected chi connectivity index (χ4v) is 1.88. The van der Waals surface area contributed by atoms with E-state index in [0.29, 0.717) is 16.9 Å². The third kappa shape index (κ3) is 1.13. The molecule has 0 spiro atoms. The summed E-state index contributed by atoms with van der Waals surface area (Å²) in [5.74, 6) is 0. The van der Waals surface area contributed by atoms with Crippen LogP contribution in [0.2, 0.25) is 0 Å². The third-order valence-corrected chi connectivity index (χ3v) is 2.66. The van der Waals surface area contributed by atoms with Crippen LogP contribution in [0.1, 0.15) is 0 Å². The van der Waals surface area contributed by atoms with Gasteiger partial charge in [0.05, 0.1) is 16.4 Å². The SMILES string of the molecule is c1ccc2nc3c(nc2c1)oc1ncncc13. The standard InChI is InChI=1S/C12H6N4O/c1-2-4-9-8(3-1)15-10-7-5-13-6-14-11(7)17-12(10)16-9/h1-6H. The van der Waals surface area contributed by atoms with Crippen molar-refractivity contribution >= 4 is 33.4 Å². The van der Waals surface area contributed by atoms with E-state index >= 15 is 0 Å². The predicted molar refractivity (Wildman–Crippen MR) is 62.4 cm³/mol. The summed E-state index contributed by atoms with van der Waals surface area (Å²) in [6.45, 7) is 0.